The van der Waals surface area contributed by atoms with Crippen molar-refractivity contribution >= 4 is 107 Å². The van der Waals surface area contributed by atoms with Crippen LogP contribution in [-0.2, 0) is 5.41 Å². The van der Waals surface area contributed by atoms with Crippen LogP contribution in [-0.4, -0.2) is 8.07 Å². The van der Waals surface area contributed by atoms with Gasteiger partial charge in [0.05, 0.1) is 5.41 Å². The normalized spacial score (nSPS) is 13.8. The van der Waals surface area contributed by atoms with Crippen LogP contribution in [0.15, 0.2) is 300 Å². The highest BCUT2D eigenvalue weighted by atomic mass is 28.3. The van der Waals surface area contributed by atoms with Gasteiger partial charge in [-0.2, -0.15) is 0 Å². The molecular weight excluding hydrogens is 965 g/mol. The third-order valence-electron chi connectivity index (χ3n) is 16.8. The highest BCUT2D eigenvalue weighted by Crippen LogP contribution is 2.57. The number of fused-ring (bicyclic) bond motifs is 11. The predicted molar refractivity (Wildman–Crippen MR) is 325 cm³/mol. The molecule has 0 bridgehead atoms. The molecule has 0 fully saturated rings. The molecule has 4 nitrogen and oxygen atoms in total. The molecule has 1 aliphatic carbocycles. The highest BCUT2D eigenvalue weighted by molar-refractivity contribution is 7.21. The van der Waals surface area contributed by atoms with Gasteiger partial charge in [0.2, 0.25) is 0 Å². The molecule has 0 N–H and O–H groups in total. The van der Waals surface area contributed by atoms with E-state index in [0.717, 1.165) is 78.0 Å². The molecule has 14 aromatic rings. The molecule has 2 aliphatic rings. The summed E-state index contributed by atoms with van der Waals surface area (Å²) >= 11 is 0. The number of hydrogen-bond acceptors (Lipinski definition) is 4. The van der Waals surface area contributed by atoms with Crippen molar-refractivity contribution < 1.29 is 8.83 Å². The van der Waals surface area contributed by atoms with Crippen molar-refractivity contribution in [2.45, 2.75) is 5.41 Å². The molecule has 2 aromatic heterocycles. The van der Waals surface area contributed by atoms with E-state index < -0.39 is 13.5 Å². The predicted octanol–water partition coefficient (Wildman–Crippen LogP) is 16.5. The van der Waals surface area contributed by atoms with Gasteiger partial charge in [-0.1, -0.05) is 212 Å². The second-order valence-electron chi connectivity index (χ2n) is 20.7. The molecule has 16 rings (SSSR count). The summed E-state index contributed by atoms with van der Waals surface area (Å²) in [5.41, 5.74) is 17.0. The molecular formula is C73H48N2O2Si. The first-order valence-electron chi connectivity index (χ1n) is 26.8. The van der Waals surface area contributed by atoms with E-state index in [2.05, 4.69) is 301 Å². The molecule has 0 saturated heterocycles. The molecule has 0 saturated carbocycles. The van der Waals surface area contributed by atoms with Crippen molar-refractivity contribution in [2.75, 3.05) is 9.80 Å². The Morgan fingerprint density at radius 1 is 0.321 bits per heavy atom. The molecule has 366 valence electrons. The van der Waals surface area contributed by atoms with Gasteiger partial charge >= 0.3 is 0 Å². The van der Waals surface area contributed by atoms with Crippen molar-refractivity contribution in [2.24, 2.45) is 0 Å². The number of hydrogen-bond donors (Lipinski definition) is 0. The Bertz CT molecular complexity index is 4490. The third-order valence-corrected chi connectivity index (χ3v) is 21.6. The summed E-state index contributed by atoms with van der Waals surface area (Å²) in [6.45, 7) is 0. The smallest absolute Gasteiger partial charge is 0.184 e. The van der Waals surface area contributed by atoms with Gasteiger partial charge in [0.1, 0.15) is 22.3 Å². The second-order valence-corrected chi connectivity index (χ2v) is 24.4. The van der Waals surface area contributed by atoms with E-state index in [1.54, 1.807) is 0 Å². The van der Waals surface area contributed by atoms with Crippen LogP contribution >= 0.6 is 0 Å². The minimum Gasteiger partial charge on any atom is -0.456 e. The fourth-order valence-corrected chi connectivity index (χ4v) is 18.6. The average Bonchev–Trinajstić information content (AvgIpc) is 3.84. The molecule has 12 aromatic carbocycles. The van der Waals surface area contributed by atoms with Crippen molar-refractivity contribution in [3.05, 3.63) is 313 Å². The zero-order chi connectivity index (χ0) is 51.4. The monoisotopic (exact) mass is 1010 g/mol. The lowest BCUT2D eigenvalue weighted by Crippen LogP contribution is -2.77. The first-order valence-corrected chi connectivity index (χ1v) is 28.8. The van der Waals surface area contributed by atoms with Crippen molar-refractivity contribution in [3.63, 3.8) is 0 Å². The molecule has 3 heterocycles. The minimum atomic E-state index is -3.32. The summed E-state index contributed by atoms with van der Waals surface area (Å²) in [6.07, 6.45) is 0. The molecule has 78 heavy (non-hydrogen) atoms. The van der Waals surface area contributed by atoms with E-state index >= 15 is 0 Å². The lowest BCUT2D eigenvalue weighted by atomic mass is 9.67. The number of nitrogens with zero attached hydrogens (tertiary/aromatic N) is 2. The van der Waals surface area contributed by atoms with Crippen LogP contribution in [0.2, 0.25) is 0 Å². The van der Waals surface area contributed by atoms with Gasteiger partial charge in [0.15, 0.2) is 8.07 Å². The SMILES string of the molecule is c1ccc(N(c2ccc3c(c2)N(c2ccccc2)c2ccccc2[Si]3(c2ccc3c(c2)oc2ccccc23)c2ccc3c(c2)oc2ccccc23)c2ccc3c(c2)C(c2ccccc2)(c2ccccc2)c2ccccc2-3)cc1. The summed E-state index contributed by atoms with van der Waals surface area (Å²) in [4.78, 5) is 4.95. The fourth-order valence-electron chi connectivity index (χ4n) is 13.6. The van der Waals surface area contributed by atoms with E-state index in [9.17, 15) is 0 Å². The van der Waals surface area contributed by atoms with E-state index in [1.807, 2.05) is 0 Å². The lowest BCUT2D eigenvalue weighted by Gasteiger charge is -2.45. The molecule has 0 radical (unpaired) electrons. The zero-order valence-corrected chi connectivity index (χ0v) is 43.4. The Morgan fingerprint density at radius 3 is 1.46 bits per heavy atom. The number of rotatable bonds is 8. The Morgan fingerprint density at radius 2 is 0.808 bits per heavy atom. The van der Waals surface area contributed by atoms with Crippen LogP contribution in [0.3, 0.4) is 0 Å². The van der Waals surface area contributed by atoms with Crippen molar-refractivity contribution in [1.29, 1.82) is 0 Å². The van der Waals surface area contributed by atoms with Crippen LogP contribution in [0.25, 0.3) is 55.0 Å². The van der Waals surface area contributed by atoms with Gasteiger partial charge in [-0.25, -0.2) is 0 Å². The van der Waals surface area contributed by atoms with Crippen molar-refractivity contribution in [1.82, 2.24) is 0 Å². The molecule has 5 heteroatoms. The van der Waals surface area contributed by atoms with E-state index in [0.29, 0.717) is 0 Å². The van der Waals surface area contributed by atoms with Crippen LogP contribution < -0.4 is 30.5 Å². The van der Waals surface area contributed by atoms with Gasteiger partial charge in [-0.05, 0) is 133 Å². The first-order chi connectivity index (χ1) is 38.7. The number of para-hydroxylation sites is 5. The quantitative estimate of drug-likeness (QED) is 0.142. The van der Waals surface area contributed by atoms with Gasteiger partial charge in [-0.3, -0.25) is 0 Å². The Kier molecular flexibility index (Phi) is 9.84. The maximum Gasteiger partial charge on any atom is 0.184 e. The number of benzene rings is 12. The minimum absolute atomic E-state index is 0.566. The molecule has 1 aliphatic heterocycles. The van der Waals surface area contributed by atoms with Gasteiger partial charge in [0, 0.05) is 55.7 Å². The summed E-state index contributed by atoms with van der Waals surface area (Å²) < 4.78 is 13.6. The van der Waals surface area contributed by atoms with E-state index in [1.165, 1.54) is 54.1 Å². The Hall–Kier alpha value is -9.94. The van der Waals surface area contributed by atoms with Crippen LogP contribution in [0.4, 0.5) is 34.1 Å². The molecule has 0 atom stereocenters. The third kappa shape index (κ3) is 6.34. The van der Waals surface area contributed by atoms with Crippen LogP contribution in [0.1, 0.15) is 22.3 Å². The van der Waals surface area contributed by atoms with E-state index in [-0.39, 0.29) is 0 Å². The van der Waals surface area contributed by atoms with Gasteiger partial charge < -0.3 is 18.6 Å². The Labute approximate surface area is 453 Å². The van der Waals surface area contributed by atoms with Gasteiger partial charge in [-0.15, -0.1) is 0 Å². The van der Waals surface area contributed by atoms with Gasteiger partial charge in [0.25, 0.3) is 0 Å². The maximum absolute atomic E-state index is 6.80. The largest absolute Gasteiger partial charge is 0.456 e. The van der Waals surface area contributed by atoms with Crippen LogP contribution in [0.5, 0.6) is 0 Å². The highest BCUT2D eigenvalue weighted by Gasteiger charge is 2.50. The van der Waals surface area contributed by atoms with Crippen molar-refractivity contribution in [3.8, 4) is 11.1 Å². The molecule has 0 spiro atoms. The first kappa shape index (κ1) is 44.4. The standard InChI is InChI=1S/C73H48N2O2Si/c1-5-21-49(22-6-1)73(50-23-7-2-8-24-50)63-32-16-13-29-57(63)58-41-37-53(45-64(58)73)74(51-25-9-3-10-26-51)54-38-44-72-66(46-54)75(52-27-11-4-12-28-52)65-33-17-20-36-71(65)78(72,55-39-42-61-59-30-14-18-34-67(59)76-69(61)47-55)56-40-43-62-60-31-15-19-35-68(60)77-70(62)48-56/h1-48H. The number of anilines is 6. The molecule has 0 amide bonds. The lowest BCUT2D eigenvalue weighted by molar-refractivity contribution is 0.669. The zero-order valence-electron chi connectivity index (χ0n) is 42.4. The maximum atomic E-state index is 6.80. The fraction of sp³-hybridized carbons (Fsp3) is 0.0137. The molecule has 0 unspecified atom stereocenters. The summed E-state index contributed by atoms with van der Waals surface area (Å²) in [6, 6.07) is 107. The average molecular weight is 1010 g/mol. The second kappa shape index (κ2) is 17.3. The summed E-state index contributed by atoms with van der Waals surface area (Å²) in [5, 5.41) is 9.46. The summed E-state index contributed by atoms with van der Waals surface area (Å²) in [7, 11) is -3.32. The Balaban J connectivity index is 0.985. The topological polar surface area (TPSA) is 32.8 Å². The van der Waals surface area contributed by atoms with E-state index in [4.69, 9.17) is 8.83 Å². The number of furan rings is 2. The van der Waals surface area contributed by atoms with Crippen LogP contribution in [0, 0.1) is 0 Å². The summed E-state index contributed by atoms with van der Waals surface area (Å²) in [5.74, 6) is 0.